The minimum absolute atomic E-state index is 0.179. The maximum absolute atomic E-state index is 13.2. The summed E-state index contributed by atoms with van der Waals surface area (Å²) in [5.41, 5.74) is 1.89. The van der Waals surface area contributed by atoms with Crippen molar-refractivity contribution in [2.75, 3.05) is 49.5 Å². The average Bonchev–Trinajstić information content (AvgIpc) is 2.99. The summed E-state index contributed by atoms with van der Waals surface area (Å²) < 4.78 is 83.8. The van der Waals surface area contributed by atoms with E-state index in [-0.39, 0.29) is 23.4 Å². The number of piperazine rings is 1. The van der Waals surface area contributed by atoms with Crippen molar-refractivity contribution in [3.63, 3.8) is 0 Å². The Morgan fingerprint density at radius 2 is 1.67 bits per heavy atom. The number of anilines is 2. The number of aryl methyl sites for hydroxylation is 1. The Bertz CT molecular complexity index is 1260. The van der Waals surface area contributed by atoms with E-state index >= 15 is 0 Å². The van der Waals surface area contributed by atoms with Crippen molar-refractivity contribution in [3.05, 3.63) is 71.5 Å². The van der Waals surface area contributed by atoms with Crippen LogP contribution in [0.4, 0.5) is 37.7 Å². The molecule has 256 valence electrons. The fourth-order valence-corrected chi connectivity index (χ4v) is 6.22. The fraction of sp³-hybridized carbons (Fsp3) is 0.600. The van der Waals surface area contributed by atoms with Crippen LogP contribution in [0.15, 0.2) is 60.4 Å². The molecule has 0 spiro atoms. The lowest BCUT2D eigenvalue weighted by Crippen LogP contribution is -2.49. The van der Waals surface area contributed by atoms with Gasteiger partial charge in [0.1, 0.15) is 5.76 Å². The molecule has 0 aromatic heterocycles. The molecule has 1 saturated heterocycles. The molecule has 2 N–H and O–H groups in total. The van der Waals surface area contributed by atoms with Crippen LogP contribution in [0, 0.1) is 11.8 Å². The zero-order valence-corrected chi connectivity index (χ0v) is 27.1. The first-order valence-electron chi connectivity index (χ1n) is 16.4. The summed E-state index contributed by atoms with van der Waals surface area (Å²) in [5, 5.41) is 6.35. The van der Waals surface area contributed by atoms with Crippen LogP contribution in [0.2, 0.25) is 0 Å². The van der Waals surface area contributed by atoms with E-state index in [0.717, 1.165) is 70.0 Å². The van der Waals surface area contributed by atoms with Crippen molar-refractivity contribution in [1.29, 1.82) is 0 Å². The van der Waals surface area contributed by atoms with Gasteiger partial charge in [0.2, 0.25) is 0 Å². The number of rotatable bonds is 14. The number of halogens is 6. The third-order valence-electron chi connectivity index (χ3n) is 8.83. The normalized spacial score (nSPS) is 21.4. The maximum Gasteiger partial charge on any atom is 0.422 e. The van der Waals surface area contributed by atoms with Gasteiger partial charge in [0.05, 0.1) is 11.7 Å². The van der Waals surface area contributed by atoms with Gasteiger partial charge in [-0.2, -0.15) is 26.3 Å². The van der Waals surface area contributed by atoms with E-state index in [1.54, 1.807) is 0 Å². The van der Waals surface area contributed by atoms with E-state index in [4.69, 9.17) is 4.74 Å². The Kier molecular flexibility index (Phi) is 12.7. The van der Waals surface area contributed by atoms with E-state index in [1.807, 2.05) is 6.92 Å². The van der Waals surface area contributed by atoms with Crippen molar-refractivity contribution in [2.24, 2.45) is 11.8 Å². The highest BCUT2D eigenvalue weighted by atomic mass is 19.4. The highest BCUT2D eigenvalue weighted by Gasteiger charge is 2.34. The summed E-state index contributed by atoms with van der Waals surface area (Å²) in [4.78, 5) is 5.00. The molecule has 3 unspecified atom stereocenters. The molecule has 2 heterocycles. The van der Waals surface area contributed by atoms with Crippen molar-refractivity contribution >= 4 is 11.4 Å². The van der Waals surface area contributed by atoms with Crippen molar-refractivity contribution in [2.45, 2.75) is 83.9 Å². The summed E-state index contributed by atoms with van der Waals surface area (Å²) in [7, 11) is 0. The molecule has 0 aliphatic carbocycles. The number of nitrogens with one attached hydrogen (secondary N) is 2. The molecule has 2 aliphatic rings. The van der Waals surface area contributed by atoms with E-state index in [9.17, 15) is 26.3 Å². The van der Waals surface area contributed by atoms with E-state index < -0.39 is 30.7 Å². The standard InChI is InChI=1S/C35H48F6N4O/c1-25(2)9-8-16-44-17-19-45(20-18-44)30-14-6-11-27(21-30)10-4-5-15-31-26(3)32(46-24-34(36,37)38)23-33(43-31)42-29-13-7-12-28(22-29)35(39,40)41/h6-7,11-14,21-23,25-26,31,33,42-43H,4-5,8-10,15-20,24H2,1-3H3. The van der Waals surface area contributed by atoms with Crippen molar-refractivity contribution in [1.82, 2.24) is 10.2 Å². The Balaban J connectivity index is 1.30. The first-order valence-corrected chi connectivity index (χ1v) is 16.4. The van der Waals surface area contributed by atoms with Crippen LogP contribution in [-0.4, -0.2) is 62.6 Å². The maximum atomic E-state index is 13.2. The molecule has 0 amide bonds. The number of hydrogen-bond donors (Lipinski definition) is 2. The lowest BCUT2D eigenvalue weighted by atomic mass is 9.90. The Morgan fingerprint density at radius 3 is 2.37 bits per heavy atom. The quantitative estimate of drug-likeness (QED) is 0.158. The van der Waals surface area contributed by atoms with Crippen LogP contribution >= 0.6 is 0 Å². The van der Waals surface area contributed by atoms with Gasteiger partial charge >= 0.3 is 12.4 Å². The van der Waals surface area contributed by atoms with Gasteiger partial charge < -0.3 is 15.0 Å². The smallest absolute Gasteiger partial charge is 0.422 e. The highest BCUT2D eigenvalue weighted by Crippen LogP contribution is 2.32. The molecule has 3 atom stereocenters. The Hall–Kier alpha value is -2.92. The largest absolute Gasteiger partial charge is 0.488 e. The van der Waals surface area contributed by atoms with Gasteiger partial charge in [0.15, 0.2) is 6.61 Å². The lowest BCUT2D eigenvalue weighted by molar-refractivity contribution is -0.167. The van der Waals surface area contributed by atoms with E-state index in [2.05, 4.69) is 58.5 Å². The van der Waals surface area contributed by atoms with Crippen LogP contribution in [-0.2, 0) is 17.3 Å². The predicted molar refractivity (Wildman–Crippen MR) is 172 cm³/mol. The third kappa shape index (κ3) is 11.4. The molecule has 4 rings (SSSR count). The monoisotopic (exact) mass is 654 g/mol. The second-order valence-corrected chi connectivity index (χ2v) is 13.0. The summed E-state index contributed by atoms with van der Waals surface area (Å²) in [5.74, 6) is 0.581. The average molecular weight is 655 g/mol. The van der Waals surface area contributed by atoms with Gasteiger partial charge in [-0.3, -0.25) is 10.2 Å². The predicted octanol–water partition coefficient (Wildman–Crippen LogP) is 8.49. The number of benzene rings is 2. The number of hydrogen-bond acceptors (Lipinski definition) is 5. The molecule has 1 fully saturated rings. The minimum atomic E-state index is -4.51. The number of alkyl halides is 6. The van der Waals surface area contributed by atoms with Gasteiger partial charge in [-0.1, -0.05) is 45.4 Å². The molecule has 0 saturated carbocycles. The van der Waals surface area contributed by atoms with Crippen molar-refractivity contribution < 1.29 is 31.1 Å². The van der Waals surface area contributed by atoms with Gasteiger partial charge in [-0.15, -0.1) is 0 Å². The van der Waals surface area contributed by atoms with Crippen LogP contribution in [0.25, 0.3) is 0 Å². The van der Waals surface area contributed by atoms with Crippen LogP contribution in [0.1, 0.15) is 64.0 Å². The summed E-state index contributed by atoms with van der Waals surface area (Å²) in [6.45, 7) is 10.3. The molecule has 11 heteroatoms. The molecule has 2 aromatic carbocycles. The number of ether oxygens (including phenoxy) is 1. The van der Waals surface area contributed by atoms with Gasteiger partial charge in [0.25, 0.3) is 0 Å². The minimum Gasteiger partial charge on any atom is -0.488 e. The summed E-state index contributed by atoms with van der Waals surface area (Å²) >= 11 is 0. The molecule has 0 bridgehead atoms. The van der Waals surface area contributed by atoms with Crippen LogP contribution in [0.5, 0.6) is 0 Å². The fourth-order valence-electron chi connectivity index (χ4n) is 6.22. The molecular weight excluding hydrogens is 606 g/mol. The lowest BCUT2D eigenvalue weighted by Gasteiger charge is -2.36. The molecule has 0 radical (unpaired) electrons. The molecule has 46 heavy (non-hydrogen) atoms. The molecule has 5 nitrogen and oxygen atoms in total. The molecule has 2 aromatic rings. The first kappa shape index (κ1) is 35.9. The second kappa shape index (κ2) is 16.3. The highest BCUT2D eigenvalue weighted by molar-refractivity contribution is 5.49. The summed E-state index contributed by atoms with van der Waals surface area (Å²) in [6.07, 6.45) is -2.43. The van der Waals surface area contributed by atoms with Crippen molar-refractivity contribution in [3.8, 4) is 0 Å². The van der Waals surface area contributed by atoms with Gasteiger partial charge in [-0.25, -0.2) is 0 Å². The SMILES string of the molecule is CC(C)CCCN1CCN(c2cccc(CCCCC3NC(Nc4cccc(C(F)(F)F)c4)C=C(OCC(F)(F)F)C3C)c2)CC1. The van der Waals surface area contributed by atoms with Crippen LogP contribution < -0.4 is 15.5 Å². The second-order valence-electron chi connectivity index (χ2n) is 13.0. The summed E-state index contributed by atoms with van der Waals surface area (Å²) in [6, 6.07) is 13.2. The molecule has 2 aliphatic heterocycles. The van der Waals surface area contributed by atoms with Gasteiger partial charge in [0, 0.05) is 49.5 Å². The zero-order chi connectivity index (χ0) is 33.3. The zero-order valence-electron chi connectivity index (χ0n) is 27.1. The van der Waals surface area contributed by atoms with E-state index in [1.165, 1.54) is 42.3 Å². The number of nitrogens with zero attached hydrogens (tertiary/aromatic N) is 2. The van der Waals surface area contributed by atoms with E-state index in [0.29, 0.717) is 6.42 Å². The number of unbranched alkanes of at least 4 members (excludes halogenated alkanes) is 1. The Labute approximate surface area is 269 Å². The third-order valence-corrected chi connectivity index (χ3v) is 8.83. The first-order chi connectivity index (χ1) is 21.8. The van der Waals surface area contributed by atoms with Crippen LogP contribution in [0.3, 0.4) is 0 Å². The van der Waals surface area contributed by atoms with Gasteiger partial charge in [-0.05, 0) is 86.5 Å². The molecular formula is C35H48F6N4O. The Morgan fingerprint density at radius 1 is 0.935 bits per heavy atom. The topological polar surface area (TPSA) is 39.8 Å².